The summed E-state index contributed by atoms with van der Waals surface area (Å²) < 4.78 is 0. The SMILES string of the molecule is O=C(NCC(c1cccs1)N1CCCC1)NC1CCCc2ccccc21. The van der Waals surface area contributed by atoms with Crippen LogP contribution < -0.4 is 10.6 Å². The van der Waals surface area contributed by atoms with E-state index in [-0.39, 0.29) is 12.1 Å². The third-order valence-corrected chi connectivity index (χ3v) is 6.56. The summed E-state index contributed by atoms with van der Waals surface area (Å²) in [5, 5.41) is 8.46. The van der Waals surface area contributed by atoms with Gasteiger partial charge in [0.05, 0.1) is 12.1 Å². The molecular weight excluding hydrogens is 342 g/mol. The van der Waals surface area contributed by atoms with E-state index in [1.54, 1.807) is 11.3 Å². The number of carbonyl (C=O) groups is 1. The highest BCUT2D eigenvalue weighted by Gasteiger charge is 2.26. The van der Waals surface area contributed by atoms with Crippen LogP contribution in [-0.2, 0) is 6.42 Å². The Morgan fingerprint density at radius 1 is 1.15 bits per heavy atom. The Morgan fingerprint density at radius 2 is 2.00 bits per heavy atom. The Morgan fingerprint density at radius 3 is 2.81 bits per heavy atom. The van der Waals surface area contributed by atoms with E-state index in [9.17, 15) is 4.79 Å². The fourth-order valence-corrected chi connectivity index (χ4v) is 5.11. The lowest BCUT2D eigenvalue weighted by Crippen LogP contribution is -2.43. The van der Waals surface area contributed by atoms with E-state index >= 15 is 0 Å². The number of thiophene rings is 1. The van der Waals surface area contributed by atoms with Crippen LogP contribution in [0.15, 0.2) is 41.8 Å². The summed E-state index contributed by atoms with van der Waals surface area (Å²) in [7, 11) is 0. The molecule has 0 spiro atoms. The minimum atomic E-state index is -0.0487. The van der Waals surface area contributed by atoms with Gasteiger partial charge in [-0.25, -0.2) is 4.79 Å². The van der Waals surface area contributed by atoms with E-state index in [1.165, 1.54) is 28.8 Å². The average Bonchev–Trinajstić information content (AvgIpc) is 3.37. The van der Waals surface area contributed by atoms with Gasteiger partial charge in [-0.3, -0.25) is 4.90 Å². The molecule has 26 heavy (non-hydrogen) atoms. The number of urea groups is 1. The molecule has 1 aliphatic heterocycles. The minimum absolute atomic E-state index is 0.0487. The first-order chi connectivity index (χ1) is 12.8. The molecule has 1 saturated heterocycles. The van der Waals surface area contributed by atoms with Gasteiger partial charge in [-0.15, -0.1) is 11.3 Å². The molecule has 2 amide bonds. The molecule has 2 atom stereocenters. The van der Waals surface area contributed by atoms with E-state index in [2.05, 4.69) is 57.3 Å². The first-order valence-electron chi connectivity index (χ1n) is 9.71. The van der Waals surface area contributed by atoms with Crippen LogP contribution in [0, 0.1) is 0 Å². The normalized spacial score (nSPS) is 21.2. The third kappa shape index (κ3) is 3.94. The van der Waals surface area contributed by atoms with Crippen LogP contribution in [0.3, 0.4) is 0 Å². The van der Waals surface area contributed by atoms with Crippen molar-refractivity contribution in [1.82, 2.24) is 15.5 Å². The Kier molecular flexibility index (Phi) is 5.56. The number of hydrogen-bond acceptors (Lipinski definition) is 3. The van der Waals surface area contributed by atoms with Crippen LogP contribution in [0.1, 0.15) is 53.8 Å². The van der Waals surface area contributed by atoms with Crippen molar-refractivity contribution in [2.75, 3.05) is 19.6 Å². The summed E-state index contributed by atoms with van der Waals surface area (Å²) in [6.07, 6.45) is 5.78. The van der Waals surface area contributed by atoms with Crippen LogP contribution in [0.5, 0.6) is 0 Å². The largest absolute Gasteiger partial charge is 0.336 e. The van der Waals surface area contributed by atoms with E-state index < -0.39 is 0 Å². The van der Waals surface area contributed by atoms with Crippen molar-refractivity contribution in [3.8, 4) is 0 Å². The second-order valence-corrected chi connectivity index (χ2v) is 8.25. The van der Waals surface area contributed by atoms with Gasteiger partial charge in [0.1, 0.15) is 0 Å². The first-order valence-corrected chi connectivity index (χ1v) is 10.6. The maximum absolute atomic E-state index is 12.6. The molecular formula is C21H27N3OS. The zero-order valence-corrected chi connectivity index (χ0v) is 15.9. The predicted molar refractivity (Wildman–Crippen MR) is 107 cm³/mol. The van der Waals surface area contributed by atoms with Gasteiger partial charge in [-0.1, -0.05) is 30.3 Å². The summed E-state index contributed by atoms with van der Waals surface area (Å²) in [6, 6.07) is 13.1. The Hall–Kier alpha value is -1.85. The smallest absolute Gasteiger partial charge is 0.315 e. The zero-order valence-electron chi connectivity index (χ0n) is 15.1. The summed E-state index contributed by atoms with van der Waals surface area (Å²) in [6.45, 7) is 2.92. The summed E-state index contributed by atoms with van der Waals surface area (Å²) in [5.74, 6) is 0. The molecule has 2 N–H and O–H groups in total. The van der Waals surface area contributed by atoms with Gasteiger partial charge in [0, 0.05) is 11.4 Å². The molecule has 0 radical (unpaired) electrons. The van der Waals surface area contributed by atoms with Crippen molar-refractivity contribution < 1.29 is 4.79 Å². The average molecular weight is 370 g/mol. The molecule has 0 bridgehead atoms. The number of benzene rings is 1. The topological polar surface area (TPSA) is 44.4 Å². The third-order valence-electron chi connectivity index (χ3n) is 5.58. The van der Waals surface area contributed by atoms with E-state index in [4.69, 9.17) is 0 Å². The number of likely N-dealkylation sites (tertiary alicyclic amines) is 1. The number of fused-ring (bicyclic) bond motifs is 1. The van der Waals surface area contributed by atoms with Gasteiger partial charge in [-0.05, 0) is 67.8 Å². The lowest BCUT2D eigenvalue weighted by atomic mass is 9.88. The zero-order chi connectivity index (χ0) is 17.8. The van der Waals surface area contributed by atoms with Gasteiger partial charge < -0.3 is 10.6 Å². The predicted octanol–water partition coefficient (Wildman–Crippen LogP) is 4.26. The first kappa shape index (κ1) is 17.6. The van der Waals surface area contributed by atoms with Crippen LogP contribution in [0.25, 0.3) is 0 Å². The summed E-state index contributed by atoms with van der Waals surface area (Å²) in [5.41, 5.74) is 2.65. The van der Waals surface area contributed by atoms with Crippen molar-refractivity contribution in [3.63, 3.8) is 0 Å². The monoisotopic (exact) mass is 369 g/mol. The molecule has 2 aromatic rings. The van der Waals surface area contributed by atoms with Crippen molar-refractivity contribution >= 4 is 17.4 Å². The maximum Gasteiger partial charge on any atom is 0.315 e. The molecule has 0 saturated carbocycles. The molecule has 1 aromatic carbocycles. The quantitative estimate of drug-likeness (QED) is 0.827. The molecule has 1 aliphatic carbocycles. The molecule has 4 nitrogen and oxygen atoms in total. The molecule has 2 heterocycles. The highest BCUT2D eigenvalue weighted by atomic mass is 32.1. The van der Waals surface area contributed by atoms with Crippen LogP contribution in [0.4, 0.5) is 4.79 Å². The Labute approximate surface area is 159 Å². The highest BCUT2D eigenvalue weighted by Crippen LogP contribution is 2.30. The van der Waals surface area contributed by atoms with Crippen LogP contribution in [0.2, 0.25) is 0 Å². The molecule has 138 valence electrons. The molecule has 1 aromatic heterocycles. The molecule has 4 rings (SSSR count). The highest BCUT2D eigenvalue weighted by molar-refractivity contribution is 7.10. The van der Waals surface area contributed by atoms with Gasteiger partial charge >= 0.3 is 6.03 Å². The number of hydrogen-bond donors (Lipinski definition) is 2. The Balaban J connectivity index is 1.37. The molecule has 2 unspecified atom stereocenters. The lowest BCUT2D eigenvalue weighted by Gasteiger charge is -2.29. The van der Waals surface area contributed by atoms with Gasteiger partial charge in [-0.2, -0.15) is 0 Å². The summed E-state index contributed by atoms with van der Waals surface area (Å²) >= 11 is 1.78. The van der Waals surface area contributed by atoms with Crippen molar-refractivity contribution in [2.24, 2.45) is 0 Å². The van der Waals surface area contributed by atoms with Crippen molar-refractivity contribution in [3.05, 3.63) is 57.8 Å². The number of aryl methyl sites for hydroxylation is 1. The van der Waals surface area contributed by atoms with E-state index in [1.807, 2.05) is 0 Å². The number of nitrogens with zero attached hydrogens (tertiary/aromatic N) is 1. The van der Waals surface area contributed by atoms with Gasteiger partial charge in [0.2, 0.25) is 0 Å². The molecule has 2 aliphatic rings. The fraction of sp³-hybridized carbons (Fsp3) is 0.476. The van der Waals surface area contributed by atoms with Crippen molar-refractivity contribution in [2.45, 2.75) is 44.2 Å². The van der Waals surface area contributed by atoms with Gasteiger partial charge in [0.25, 0.3) is 0 Å². The van der Waals surface area contributed by atoms with E-state index in [0.717, 1.165) is 32.4 Å². The number of rotatable bonds is 5. The van der Waals surface area contributed by atoms with Crippen LogP contribution in [-0.4, -0.2) is 30.6 Å². The maximum atomic E-state index is 12.6. The fourth-order valence-electron chi connectivity index (χ4n) is 4.25. The number of carbonyl (C=O) groups excluding carboxylic acids is 1. The van der Waals surface area contributed by atoms with Crippen molar-refractivity contribution in [1.29, 1.82) is 0 Å². The minimum Gasteiger partial charge on any atom is -0.336 e. The molecule has 5 heteroatoms. The second-order valence-electron chi connectivity index (χ2n) is 7.27. The van der Waals surface area contributed by atoms with E-state index in [0.29, 0.717) is 12.6 Å². The number of nitrogens with one attached hydrogen (secondary N) is 2. The van der Waals surface area contributed by atoms with Gasteiger partial charge in [0.15, 0.2) is 0 Å². The summed E-state index contributed by atoms with van der Waals surface area (Å²) in [4.78, 5) is 16.4. The lowest BCUT2D eigenvalue weighted by molar-refractivity contribution is 0.219. The molecule has 1 fully saturated rings. The number of amides is 2. The van der Waals surface area contributed by atoms with Crippen LogP contribution >= 0.6 is 11.3 Å². The Bertz CT molecular complexity index is 725. The second kappa shape index (κ2) is 8.23. The standard InChI is InChI=1S/C21H27N3OS/c25-21(23-18-10-5-8-16-7-1-2-9-17(16)18)22-15-19(20-11-6-14-26-20)24-12-3-4-13-24/h1-2,6-7,9,11,14,18-19H,3-5,8,10,12-13,15H2,(H2,22,23,25).